The first-order valence-electron chi connectivity index (χ1n) is 5.85. The average molecular weight is 289 g/mol. The molecule has 0 aliphatic carbocycles. The van der Waals surface area contributed by atoms with Crippen LogP contribution in [-0.4, -0.2) is 19.9 Å². The topological polar surface area (TPSA) is 57.4 Å². The molecule has 2 rings (SSSR count). The molecule has 0 saturated heterocycles. The van der Waals surface area contributed by atoms with E-state index in [9.17, 15) is 0 Å². The molecule has 6 heteroatoms. The lowest BCUT2D eigenvalue weighted by molar-refractivity contribution is 0.794. The molecule has 0 amide bonds. The van der Waals surface area contributed by atoms with Crippen LogP contribution in [-0.2, 0) is 6.42 Å². The van der Waals surface area contributed by atoms with Gasteiger partial charge in [0.1, 0.15) is 16.8 Å². The van der Waals surface area contributed by atoms with Crippen molar-refractivity contribution in [2.45, 2.75) is 40.0 Å². The van der Waals surface area contributed by atoms with Crippen LogP contribution in [0.4, 0.5) is 0 Å². The van der Waals surface area contributed by atoms with Gasteiger partial charge in [0.2, 0.25) is 0 Å². The number of nitrogens with zero attached hydrogens (tertiary/aromatic N) is 2. The van der Waals surface area contributed by atoms with Crippen molar-refractivity contribution in [2.75, 3.05) is 0 Å². The maximum absolute atomic E-state index is 5.62. The van der Waals surface area contributed by atoms with Crippen LogP contribution < -0.4 is 0 Å². The molecule has 0 saturated carbocycles. The first-order chi connectivity index (χ1) is 8.43. The van der Waals surface area contributed by atoms with E-state index in [0.717, 1.165) is 23.8 Å². The van der Waals surface area contributed by atoms with E-state index in [1.807, 2.05) is 27.0 Å². The Bertz CT molecular complexity index is 468. The summed E-state index contributed by atoms with van der Waals surface area (Å²) in [5, 5.41) is 0.774. The number of H-pyrrole nitrogens is 2. The Morgan fingerprint density at radius 3 is 2.17 bits per heavy atom. The fraction of sp³-hybridized carbons (Fsp3) is 0.500. The van der Waals surface area contributed by atoms with Gasteiger partial charge >= 0.3 is 0 Å². The maximum Gasteiger partial charge on any atom is 0.166 e. The van der Waals surface area contributed by atoms with Gasteiger partial charge in [0, 0.05) is 24.2 Å². The standard InChI is InChI=1S/C6H8Cl2N2.C6H10N2/c1-3(2)6-9-4(7)5(8)10-6;1-3-6-7-4-5(2)8-6/h3H,1-2H3,(H,9,10);4H,3H2,1-2H3,(H,7,8). The third-order valence-corrected chi connectivity index (χ3v) is 2.92. The molecular formula is C12H18Cl2N4. The molecular weight excluding hydrogens is 271 g/mol. The summed E-state index contributed by atoms with van der Waals surface area (Å²) in [4.78, 5) is 14.0. The molecule has 18 heavy (non-hydrogen) atoms. The third kappa shape index (κ3) is 4.35. The van der Waals surface area contributed by atoms with E-state index in [2.05, 4.69) is 26.9 Å². The predicted molar refractivity (Wildman–Crippen MR) is 75.4 cm³/mol. The van der Waals surface area contributed by atoms with Crippen LogP contribution in [0.3, 0.4) is 0 Å². The zero-order valence-electron chi connectivity index (χ0n) is 11.0. The zero-order chi connectivity index (χ0) is 13.7. The van der Waals surface area contributed by atoms with Crippen LogP contribution >= 0.6 is 23.2 Å². The number of aromatic nitrogens is 4. The van der Waals surface area contributed by atoms with Crippen LogP contribution in [0.2, 0.25) is 10.3 Å². The molecule has 2 aromatic rings. The summed E-state index contributed by atoms with van der Waals surface area (Å²) in [5.41, 5.74) is 1.14. The van der Waals surface area contributed by atoms with Crippen molar-refractivity contribution in [1.82, 2.24) is 19.9 Å². The Balaban J connectivity index is 0.000000184. The molecule has 0 fully saturated rings. The maximum atomic E-state index is 5.62. The molecule has 2 aromatic heterocycles. The number of imidazole rings is 2. The lowest BCUT2D eigenvalue weighted by Crippen LogP contribution is -1.88. The van der Waals surface area contributed by atoms with Gasteiger partial charge < -0.3 is 9.97 Å². The second kappa shape index (κ2) is 6.81. The Hall–Kier alpha value is -1.00. The molecule has 0 aliphatic heterocycles. The van der Waals surface area contributed by atoms with Gasteiger partial charge in [-0.3, -0.25) is 0 Å². The van der Waals surface area contributed by atoms with Gasteiger partial charge in [-0.2, -0.15) is 0 Å². The quantitative estimate of drug-likeness (QED) is 0.873. The minimum atomic E-state index is 0.338. The second-order valence-corrected chi connectivity index (χ2v) is 4.98. The highest BCUT2D eigenvalue weighted by Gasteiger charge is 2.07. The van der Waals surface area contributed by atoms with E-state index >= 15 is 0 Å². The fourth-order valence-corrected chi connectivity index (χ4v) is 1.54. The van der Waals surface area contributed by atoms with Crippen LogP contribution in [0.5, 0.6) is 0 Å². The Morgan fingerprint density at radius 1 is 1.28 bits per heavy atom. The van der Waals surface area contributed by atoms with E-state index in [4.69, 9.17) is 23.2 Å². The molecule has 4 nitrogen and oxygen atoms in total. The summed E-state index contributed by atoms with van der Waals surface area (Å²) in [6.07, 6.45) is 2.84. The Morgan fingerprint density at radius 2 is 1.94 bits per heavy atom. The molecule has 0 spiro atoms. The van der Waals surface area contributed by atoms with E-state index in [1.165, 1.54) is 0 Å². The Labute approximate surface area is 117 Å². The number of aryl methyl sites for hydroxylation is 2. The van der Waals surface area contributed by atoms with Crippen molar-refractivity contribution < 1.29 is 0 Å². The predicted octanol–water partition coefficient (Wildman–Crippen LogP) is 4.12. The molecule has 0 aliphatic rings. The third-order valence-electron chi connectivity index (χ3n) is 2.27. The molecule has 0 unspecified atom stereocenters. The van der Waals surface area contributed by atoms with E-state index in [-0.39, 0.29) is 0 Å². The summed E-state index contributed by atoms with van der Waals surface area (Å²) in [6, 6.07) is 0. The minimum absolute atomic E-state index is 0.338. The molecule has 2 heterocycles. The van der Waals surface area contributed by atoms with Gasteiger partial charge in [0.15, 0.2) is 5.15 Å². The lowest BCUT2D eigenvalue weighted by atomic mass is 10.2. The number of aromatic amines is 2. The molecule has 0 aromatic carbocycles. The summed E-state index contributed by atoms with van der Waals surface area (Å²) >= 11 is 11.2. The van der Waals surface area contributed by atoms with Crippen LogP contribution in [0, 0.1) is 6.92 Å². The van der Waals surface area contributed by atoms with Crippen LogP contribution in [0.15, 0.2) is 6.20 Å². The monoisotopic (exact) mass is 288 g/mol. The van der Waals surface area contributed by atoms with Gasteiger partial charge in [-0.05, 0) is 6.92 Å². The smallest absolute Gasteiger partial charge is 0.166 e. The van der Waals surface area contributed by atoms with Gasteiger partial charge in [-0.15, -0.1) is 0 Å². The number of nitrogens with one attached hydrogen (secondary N) is 2. The van der Waals surface area contributed by atoms with Crippen molar-refractivity contribution >= 4 is 23.2 Å². The van der Waals surface area contributed by atoms with Gasteiger partial charge in [-0.1, -0.05) is 44.0 Å². The highest BCUT2D eigenvalue weighted by molar-refractivity contribution is 6.40. The first-order valence-corrected chi connectivity index (χ1v) is 6.61. The van der Waals surface area contributed by atoms with Gasteiger partial charge in [0.05, 0.1) is 0 Å². The van der Waals surface area contributed by atoms with Gasteiger partial charge in [-0.25, -0.2) is 9.97 Å². The molecule has 2 N–H and O–H groups in total. The van der Waals surface area contributed by atoms with Gasteiger partial charge in [0.25, 0.3) is 0 Å². The molecule has 0 radical (unpaired) electrons. The molecule has 100 valence electrons. The van der Waals surface area contributed by atoms with Crippen molar-refractivity contribution in [1.29, 1.82) is 0 Å². The van der Waals surface area contributed by atoms with Crippen molar-refractivity contribution in [3.63, 3.8) is 0 Å². The molecule has 0 atom stereocenters. The van der Waals surface area contributed by atoms with Crippen molar-refractivity contribution in [3.05, 3.63) is 33.8 Å². The number of hydrogen-bond donors (Lipinski definition) is 2. The van der Waals surface area contributed by atoms with Crippen LogP contribution in [0.25, 0.3) is 0 Å². The van der Waals surface area contributed by atoms with E-state index in [1.54, 1.807) is 0 Å². The fourth-order valence-electron chi connectivity index (χ4n) is 1.27. The highest BCUT2D eigenvalue weighted by Crippen LogP contribution is 2.21. The first kappa shape index (κ1) is 15.1. The highest BCUT2D eigenvalue weighted by atomic mass is 35.5. The number of halogens is 2. The minimum Gasteiger partial charge on any atom is -0.346 e. The summed E-state index contributed by atoms with van der Waals surface area (Å²) in [7, 11) is 0. The second-order valence-electron chi connectivity index (χ2n) is 4.25. The Kier molecular flexibility index (Phi) is 5.69. The normalized spacial score (nSPS) is 10.4. The summed E-state index contributed by atoms with van der Waals surface area (Å²) < 4.78 is 0. The van der Waals surface area contributed by atoms with Crippen LogP contribution in [0.1, 0.15) is 44.0 Å². The average Bonchev–Trinajstić information content (AvgIpc) is 2.87. The molecule has 0 bridgehead atoms. The number of rotatable bonds is 2. The lowest BCUT2D eigenvalue weighted by Gasteiger charge is -1.95. The zero-order valence-corrected chi connectivity index (χ0v) is 12.5. The number of hydrogen-bond acceptors (Lipinski definition) is 2. The van der Waals surface area contributed by atoms with E-state index < -0.39 is 0 Å². The van der Waals surface area contributed by atoms with Crippen molar-refractivity contribution in [2.24, 2.45) is 0 Å². The van der Waals surface area contributed by atoms with E-state index in [0.29, 0.717) is 16.2 Å². The SMILES string of the molecule is CC(C)c1nc(Cl)c(Cl)[nH]1.CCc1ncc(C)[nH]1. The summed E-state index contributed by atoms with van der Waals surface area (Å²) in [6.45, 7) is 8.13. The summed E-state index contributed by atoms with van der Waals surface area (Å²) in [5.74, 6) is 2.24. The largest absolute Gasteiger partial charge is 0.346 e. The van der Waals surface area contributed by atoms with Crippen molar-refractivity contribution in [3.8, 4) is 0 Å².